The quantitative estimate of drug-likeness (QED) is 0.727. The highest BCUT2D eigenvalue weighted by molar-refractivity contribution is 5.24. The molecular weight excluding hydrogens is 178 g/mol. The normalized spacial score (nSPS) is 21.1. The molecule has 5 nitrogen and oxygen atoms in total. The van der Waals surface area contributed by atoms with Gasteiger partial charge in [-0.1, -0.05) is 0 Å². The molecule has 0 amide bonds. The molecule has 0 aromatic carbocycles. The maximum Gasteiger partial charge on any atom is 0.245 e. The van der Waals surface area contributed by atoms with E-state index in [0.29, 0.717) is 11.9 Å². The third-order valence-corrected chi connectivity index (χ3v) is 2.51. The molecule has 5 heteroatoms. The molecule has 0 spiro atoms. The first-order valence-corrected chi connectivity index (χ1v) is 4.92. The van der Waals surface area contributed by atoms with Gasteiger partial charge in [0.25, 0.3) is 0 Å². The minimum Gasteiger partial charge on any atom is -0.342 e. The lowest BCUT2D eigenvalue weighted by atomic mass is 10.1. The second-order valence-corrected chi connectivity index (χ2v) is 3.68. The molecule has 2 heterocycles. The Kier molecular flexibility index (Phi) is 2.88. The Labute approximate surface area is 83.6 Å². The predicted octanol–water partition coefficient (Wildman–Crippen LogP) is -0.0827. The molecular formula is C9H15N5. The Morgan fingerprint density at radius 1 is 1.57 bits per heavy atom. The minimum atomic E-state index is 0.708. The summed E-state index contributed by atoms with van der Waals surface area (Å²) in [5, 5.41) is 11.1. The Hall–Kier alpha value is -1.23. The third kappa shape index (κ3) is 2.17. The van der Waals surface area contributed by atoms with Gasteiger partial charge in [0.15, 0.2) is 0 Å². The van der Waals surface area contributed by atoms with E-state index in [4.69, 9.17) is 0 Å². The zero-order chi connectivity index (χ0) is 9.80. The van der Waals surface area contributed by atoms with Gasteiger partial charge in [0, 0.05) is 13.6 Å². The average molecular weight is 193 g/mol. The van der Waals surface area contributed by atoms with Crippen LogP contribution in [0.15, 0.2) is 12.4 Å². The number of anilines is 1. The summed E-state index contributed by atoms with van der Waals surface area (Å²) in [6.45, 7) is 3.23. The van der Waals surface area contributed by atoms with Crippen LogP contribution in [0.25, 0.3) is 0 Å². The van der Waals surface area contributed by atoms with Crippen LogP contribution in [0.2, 0.25) is 0 Å². The summed E-state index contributed by atoms with van der Waals surface area (Å²) >= 11 is 0. The van der Waals surface area contributed by atoms with Crippen molar-refractivity contribution in [1.82, 2.24) is 20.5 Å². The van der Waals surface area contributed by atoms with Gasteiger partial charge in [0.2, 0.25) is 5.95 Å². The maximum atomic E-state index is 4.15. The van der Waals surface area contributed by atoms with E-state index in [-0.39, 0.29) is 0 Å². The second-order valence-electron chi connectivity index (χ2n) is 3.68. The topological polar surface area (TPSA) is 53.9 Å². The zero-order valence-corrected chi connectivity index (χ0v) is 8.35. The van der Waals surface area contributed by atoms with Crippen molar-refractivity contribution in [3.05, 3.63) is 12.4 Å². The van der Waals surface area contributed by atoms with Gasteiger partial charge in [-0.3, -0.25) is 0 Å². The molecule has 0 aliphatic carbocycles. The van der Waals surface area contributed by atoms with Gasteiger partial charge in [0.05, 0.1) is 12.4 Å². The van der Waals surface area contributed by atoms with Gasteiger partial charge in [-0.2, -0.15) is 5.10 Å². The van der Waals surface area contributed by atoms with Crippen molar-refractivity contribution in [2.45, 2.75) is 6.42 Å². The Morgan fingerprint density at radius 2 is 2.50 bits per heavy atom. The highest BCUT2D eigenvalue weighted by atomic mass is 15.3. The van der Waals surface area contributed by atoms with Crippen LogP contribution >= 0.6 is 0 Å². The first-order chi connectivity index (χ1) is 6.86. The number of nitrogens with one attached hydrogen (secondary N) is 1. The number of aromatic nitrogens is 3. The molecule has 1 fully saturated rings. The predicted molar refractivity (Wildman–Crippen MR) is 54.1 cm³/mol. The summed E-state index contributed by atoms with van der Waals surface area (Å²) < 4.78 is 0. The van der Waals surface area contributed by atoms with E-state index in [1.165, 1.54) is 6.42 Å². The first kappa shape index (κ1) is 9.33. The second kappa shape index (κ2) is 4.32. The fourth-order valence-electron chi connectivity index (χ4n) is 1.75. The molecule has 14 heavy (non-hydrogen) atoms. The summed E-state index contributed by atoms with van der Waals surface area (Å²) in [6, 6.07) is 0. The summed E-state index contributed by atoms with van der Waals surface area (Å²) in [5.41, 5.74) is 0. The van der Waals surface area contributed by atoms with E-state index in [1.54, 1.807) is 12.4 Å². The first-order valence-electron chi connectivity index (χ1n) is 4.92. The van der Waals surface area contributed by atoms with Crippen LogP contribution in [0.4, 0.5) is 5.95 Å². The van der Waals surface area contributed by atoms with Crippen molar-refractivity contribution < 1.29 is 0 Å². The Morgan fingerprint density at radius 3 is 3.14 bits per heavy atom. The maximum absolute atomic E-state index is 4.15. The monoisotopic (exact) mass is 193 g/mol. The SMILES string of the molecule is CN(CC1CCNC1)c1nccnn1. The number of hydrogen-bond donors (Lipinski definition) is 1. The zero-order valence-electron chi connectivity index (χ0n) is 8.35. The van der Waals surface area contributed by atoms with Gasteiger partial charge in [0.1, 0.15) is 0 Å². The average Bonchev–Trinajstić information content (AvgIpc) is 2.72. The van der Waals surface area contributed by atoms with Gasteiger partial charge < -0.3 is 10.2 Å². The van der Waals surface area contributed by atoms with Gasteiger partial charge >= 0.3 is 0 Å². The van der Waals surface area contributed by atoms with Crippen LogP contribution in [-0.2, 0) is 0 Å². The largest absolute Gasteiger partial charge is 0.342 e. The van der Waals surface area contributed by atoms with Crippen molar-refractivity contribution in [3.8, 4) is 0 Å². The van der Waals surface area contributed by atoms with Crippen LogP contribution in [0.5, 0.6) is 0 Å². The fourth-order valence-corrected chi connectivity index (χ4v) is 1.75. The summed E-state index contributed by atoms with van der Waals surface area (Å²) in [6.07, 6.45) is 4.50. The molecule has 0 radical (unpaired) electrons. The molecule has 1 unspecified atom stereocenters. The highest BCUT2D eigenvalue weighted by Gasteiger charge is 2.17. The number of nitrogens with zero attached hydrogens (tertiary/aromatic N) is 4. The van der Waals surface area contributed by atoms with Crippen LogP contribution in [0.1, 0.15) is 6.42 Å². The van der Waals surface area contributed by atoms with Gasteiger partial charge in [-0.25, -0.2) is 4.98 Å². The molecule has 1 N–H and O–H groups in total. The Balaban J connectivity index is 1.92. The fraction of sp³-hybridized carbons (Fsp3) is 0.667. The molecule has 2 rings (SSSR count). The molecule has 1 aliphatic rings. The van der Waals surface area contributed by atoms with Crippen LogP contribution in [0, 0.1) is 5.92 Å². The third-order valence-electron chi connectivity index (χ3n) is 2.51. The molecule has 1 atom stereocenters. The highest BCUT2D eigenvalue weighted by Crippen LogP contribution is 2.11. The van der Waals surface area contributed by atoms with Crippen molar-refractivity contribution in [3.63, 3.8) is 0 Å². The molecule has 1 aromatic heterocycles. The van der Waals surface area contributed by atoms with Crippen molar-refractivity contribution in [1.29, 1.82) is 0 Å². The van der Waals surface area contributed by atoms with E-state index in [2.05, 4.69) is 25.4 Å². The van der Waals surface area contributed by atoms with Crippen LogP contribution in [-0.4, -0.2) is 41.9 Å². The molecule has 1 aliphatic heterocycles. The smallest absolute Gasteiger partial charge is 0.245 e. The van der Waals surface area contributed by atoms with E-state index in [9.17, 15) is 0 Å². The summed E-state index contributed by atoms with van der Waals surface area (Å²) in [4.78, 5) is 6.21. The number of hydrogen-bond acceptors (Lipinski definition) is 5. The molecule has 0 saturated carbocycles. The van der Waals surface area contributed by atoms with E-state index in [0.717, 1.165) is 19.6 Å². The number of rotatable bonds is 3. The molecule has 76 valence electrons. The lowest BCUT2D eigenvalue weighted by Crippen LogP contribution is -2.28. The lowest BCUT2D eigenvalue weighted by Gasteiger charge is -2.19. The standard InChI is InChI=1S/C9H15N5/c1-14(7-8-2-3-10-6-8)9-11-4-5-12-13-9/h4-5,8,10H,2-3,6-7H2,1H3. The van der Waals surface area contributed by atoms with Crippen molar-refractivity contribution >= 4 is 5.95 Å². The molecule has 0 bridgehead atoms. The van der Waals surface area contributed by atoms with Gasteiger partial charge in [-0.15, -0.1) is 5.10 Å². The van der Waals surface area contributed by atoms with E-state index in [1.807, 2.05) is 7.05 Å². The lowest BCUT2D eigenvalue weighted by molar-refractivity contribution is 0.571. The Bertz CT molecular complexity index is 270. The summed E-state index contributed by atoms with van der Waals surface area (Å²) in [5.74, 6) is 1.42. The van der Waals surface area contributed by atoms with E-state index < -0.39 is 0 Å². The molecule has 1 aromatic rings. The summed E-state index contributed by atoms with van der Waals surface area (Å²) in [7, 11) is 2.01. The van der Waals surface area contributed by atoms with Crippen molar-refractivity contribution in [2.75, 3.05) is 31.6 Å². The van der Waals surface area contributed by atoms with E-state index >= 15 is 0 Å². The van der Waals surface area contributed by atoms with Crippen molar-refractivity contribution in [2.24, 2.45) is 5.92 Å². The molecule has 1 saturated heterocycles. The van der Waals surface area contributed by atoms with Crippen LogP contribution in [0.3, 0.4) is 0 Å². The van der Waals surface area contributed by atoms with Gasteiger partial charge in [-0.05, 0) is 25.4 Å². The minimum absolute atomic E-state index is 0.708. The van der Waals surface area contributed by atoms with Crippen LogP contribution < -0.4 is 10.2 Å².